The van der Waals surface area contributed by atoms with Crippen LogP contribution in [0.15, 0.2) is 0 Å². The third-order valence-electron chi connectivity index (χ3n) is 1.37. The van der Waals surface area contributed by atoms with Crippen LogP contribution in [0.5, 0.6) is 0 Å². The number of amides is 1. The normalized spacial score (nSPS) is 12.2. The van der Waals surface area contributed by atoms with Gasteiger partial charge in [-0.1, -0.05) is 0 Å². The van der Waals surface area contributed by atoms with E-state index in [0.29, 0.717) is 0 Å². The molecule has 0 aliphatic rings. The van der Waals surface area contributed by atoms with E-state index in [0.717, 1.165) is 0 Å². The molecular formula is C7H12N2O3. The highest BCUT2D eigenvalue weighted by Crippen LogP contribution is 1.92. The van der Waals surface area contributed by atoms with Crippen molar-refractivity contribution in [3.05, 3.63) is 0 Å². The smallest absolute Gasteiger partial charge is 0.237 e. The SMILES string of the molecule is CC(C#N)C(=O)NC(CO)CO. The van der Waals surface area contributed by atoms with Gasteiger partial charge >= 0.3 is 0 Å². The first-order valence-corrected chi connectivity index (χ1v) is 3.57. The second-order valence-electron chi connectivity index (χ2n) is 2.42. The summed E-state index contributed by atoms with van der Waals surface area (Å²) in [5, 5.41) is 27.8. The summed E-state index contributed by atoms with van der Waals surface area (Å²) in [5.41, 5.74) is 0. The van der Waals surface area contributed by atoms with Crippen molar-refractivity contribution in [1.82, 2.24) is 5.32 Å². The predicted molar refractivity (Wildman–Crippen MR) is 40.9 cm³/mol. The van der Waals surface area contributed by atoms with Crippen LogP contribution in [0, 0.1) is 17.2 Å². The summed E-state index contributed by atoms with van der Waals surface area (Å²) in [5.74, 6) is -1.24. The zero-order valence-electron chi connectivity index (χ0n) is 6.82. The van der Waals surface area contributed by atoms with E-state index in [1.54, 1.807) is 6.07 Å². The van der Waals surface area contributed by atoms with Gasteiger partial charge in [0.2, 0.25) is 5.91 Å². The van der Waals surface area contributed by atoms with Crippen molar-refractivity contribution >= 4 is 5.91 Å². The van der Waals surface area contributed by atoms with E-state index in [9.17, 15) is 4.79 Å². The Morgan fingerprint density at radius 3 is 2.42 bits per heavy atom. The van der Waals surface area contributed by atoms with Crippen LogP contribution in [0.3, 0.4) is 0 Å². The average molecular weight is 172 g/mol. The number of nitrogens with one attached hydrogen (secondary N) is 1. The molecule has 0 aromatic carbocycles. The molecule has 5 heteroatoms. The maximum absolute atomic E-state index is 10.9. The lowest BCUT2D eigenvalue weighted by molar-refractivity contribution is -0.124. The molecule has 68 valence electrons. The third kappa shape index (κ3) is 3.32. The molecule has 0 radical (unpaired) electrons. The van der Waals surface area contributed by atoms with Gasteiger partial charge in [-0.25, -0.2) is 0 Å². The Hall–Kier alpha value is -1.12. The molecule has 12 heavy (non-hydrogen) atoms. The summed E-state index contributed by atoms with van der Waals surface area (Å²) < 4.78 is 0. The van der Waals surface area contributed by atoms with Crippen molar-refractivity contribution in [3.63, 3.8) is 0 Å². The van der Waals surface area contributed by atoms with Crippen molar-refractivity contribution in [1.29, 1.82) is 5.26 Å². The molecule has 0 rings (SSSR count). The van der Waals surface area contributed by atoms with Gasteiger partial charge in [0.25, 0.3) is 0 Å². The monoisotopic (exact) mass is 172 g/mol. The fourth-order valence-electron chi connectivity index (χ4n) is 0.534. The number of aliphatic hydroxyl groups is 2. The summed E-state index contributed by atoms with van der Waals surface area (Å²) in [7, 11) is 0. The number of hydrogen-bond donors (Lipinski definition) is 3. The molecule has 0 spiro atoms. The van der Waals surface area contributed by atoms with Gasteiger partial charge < -0.3 is 15.5 Å². The van der Waals surface area contributed by atoms with Crippen LogP contribution in [-0.2, 0) is 4.79 Å². The van der Waals surface area contributed by atoms with E-state index in [1.165, 1.54) is 6.92 Å². The van der Waals surface area contributed by atoms with Gasteiger partial charge in [0.15, 0.2) is 0 Å². The Bertz CT molecular complexity index is 184. The molecule has 0 heterocycles. The maximum atomic E-state index is 10.9. The first kappa shape index (κ1) is 10.9. The van der Waals surface area contributed by atoms with Gasteiger partial charge in [0.1, 0.15) is 5.92 Å². The van der Waals surface area contributed by atoms with Crippen LogP contribution < -0.4 is 5.32 Å². The Balaban J connectivity index is 3.91. The zero-order valence-corrected chi connectivity index (χ0v) is 6.82. The molecule has 0 aliphatic carbocycles. The lowest BCUT2D eigenvalue weighted by atomic mass is 10.2. The van der Waals surface area contributed by atoms with Crippen LogP contribution in [0.2, 0.25) is 0 Å². The Labute approximate surface area is 70.6 Å². The van der Waals surface area contributed by atoms with Gasteiger partial charge in [-0.05, 0) is 6.92 Å². The van der Waals surface area contributed by atoms with Gasteiger partial charge in [-0.3, -0.25) is 4.79 Å². The number of hydrogen-bond acceptors (Lipinski definition) is 4. The molecule has 0 aromatic rings. The van der Waals surface area contributed by atoms with Gasteiger partial charge in [-0.2, -0.15) is 5.26 Å². The van der Waals surface area contributed by atoms with E-state index in [4.69, 9.17) is 15.5 Å². The van der Waals surface area contributed by atoms with Gasteiger partial charge in [-0.15, -0.1) is 0 Å². The molecule has 0 bridgehead atoms. The number of aliphatic hydroxyl groups excluding tert-OH is 2. The number of rotatable bonds is 4. The van der Waals surface area contributed by atoms with E-state index < -0.39 is 17.9 Å². The summed E-state index contributed by atoms with van der Waals surface area (Å²) >= 11 is 0. The fraction of sp³-hybridized carbons (Fsp3) is 0.714. The number of nitriles is 1. The molecule has 0 saturated heterocycles. The van der Waals surface area contributed by atoms with Crippen molar-refractivity contribution in [2.75, 3.05) is 13.2 Å². The van der Waals surface area contributed by atoms with E-state index in [1.807, 2.05) is 0 Å². The molecule has 5 nitrogen and oxygen atoms in total. The molecule has 0 aromatic heterocycles. The van der Waals surface area contributed by atoms with Crippen molar-refractivity contribution in [2.24, 2.45) is 5.92 Å². The van der Waals surface area contributed by atoms with Crippen molar-refractivity contribution < 1.29 is 15.0 Å². The zero-order chi connectivity index (χ0) is 9.56. The fourth-order valence-corrected chi connectivity index (χ4v) is 0.534. The second kappa shape index (κ2) is 5.52. The Morgan fingerprint density at radius 2 is 2.08 bits per heavy atom. The van der Waals surface area contributed by atoms with Crippen molar-refractivity contribution in [3.8, 4) is 6.07 Å². The van der Waals surface area contributed by atoms with Crippen LogP contribution in [0.4, 0.5) is 0 Å². The first-order valence-electron chi connectivity index (χ1n) is 3.57. The average Bonchev–Trinajstić information content (AvgIpc) is 2.12. The maximum Gasteiger partial charge on any atom is 0.237 e. The highest BCUT2D eigenvalue weighted by molar-refractivity contribution is 5.80. The molecule has 1 unspecified atom stereocenters. The minimum Gasteiger partial charge on any atom is -0.394 e. The van der Waals surface area contributed by atoms with Gasteiger partial charge in [0, 0.05) is 0 Å². The first-order chi connectivity index (χ1) is 5.65. The molecule has 0 fully saturated rings. The highest BCUT2D eigenvalue weighted by Gasteiger charge is 2.15. The summed E-state index contributed by atoms with van der Waals surface area (Å²) in [6.07, 6.45) is 0. The van der Waals surface area contributed by atoms with Crippen LogP contribution >= 0.6 is 0 Å². The number of carbonyl (C=O) groups excluding carboxylic acids is 1. The molecular weight excluding hydrogens is 160 g/mol. The predicted octanol–water partition coefficient (Wildman–Crippen LogP) is -1.38. The summed E-state index contributed by atoms with van der Waals surface area (Å²) in [4.78, 5) is 10.9. The number of carbonyl (C=O) groups is 1. The Morgan fingerprint density at radius 1 is 1.58 bits per heavy atom. The molecule has 0 aliphatic heterocycles. The molecule has 1 amide bonds. The van der Waals surface area contributed by atoms with Crippen LogP contribution in [-0.4, -0.2) is 35.4 Å². The lowest BCUT2D eigenvalue weighted by Gasteiger charge is -2.13. The summed E-state index contributed by atoms with van der Waals surface area (Å²) in [6, 6.07) is 1.07. The third-order valence-corrected chi connectivity index (χ3v) is 1.37. The molecule has 0 saturated carbocycles. The minimum absolute atomic E-state index is 0.333. The van der Waals surface area contributed by atoms with Crippen LogP contribution in [0.25, 0.3) is 0 Å². The number of nitrogens with zero attached hydrogens (tertiary/aromatic N) is 1. The highest BCUT2D eigenvalue weighted by atomic mass is 16.3. The van der Waals surface area contributed by atoms with Gasteiger partial charge in [0.05, 0.1) is 25.3 Å². The Kier molecular flexibility index (Phi) is 5.00. The topological polar surface area (TPSA) is 93.4 Å². The minimum atomic E-state index is -0.759. The summed E-state index contributed by atoms with van der Waals surface area (Å²) in [6.45, 7) is 0.780. The largest absolute Gasteiger partial charge is 0.394 e. The second-order valence-corrected chi connectivity index (χ2v) is 2.42. The standard InChI is InChI=1S/C7H12N2O3/c1-5(2-8)7(12)9-6(3-10)4-11/h5-6,10-11H,3-4H2,1H3,(H,9,12). The lowest BCUT2D eigenvalue weighted by Crippen LogP contribution is -2.42. The molecule has 3 N–H and O–H groups in total. The van der Waals surface area contributed by atoms with E-state index >= 15 is 0 Å². The quantitative estimate of drug-likeness (QED) is 0.487. The van der Waals surface area contributed by atoms with Crippen LogP contribution in [0.1, 0.15) is 6.92 Å². The van der Waals surface area contributed by atoms with E-state index in [-0.39, 0.29) is 13.2 Å². The van der Waals surface area contributed by atoms with E-state index in [2.05, 4.69) is 5.32 Å². The van der Waals surface area contributed by atoms with Crippen molar-refractivity contribution in [2.45, 2.75) is 13.0 Å². The molecule has 1 atom stereocenters.